The topological polar surface area (TPSA) is 71.5 Å². The molecule has 0 N–H and O–H groups in total. The molecule has 2 aromatic carbocycles. The molecule has 2 bridgehead atoms. The number of carbonyl (C=O) groups excluding carboxylic acids is 1. The number of fused-ring (bicyclic) bond motifs is 6. The van der Waals surface area contributed by atoms with Crippen LogP contribution < -0.4 is 4.90 Å². The summed E-state index contributed by atoms with van der Waals surface area (Å²) >= 11 is 1.48. The third-order valence-corrected chi connectivity index (χ3v) is 19.6. The van der Waals surface area contributed by atoms with E-state index < -0.39 is 25.3 Å². The fourth-order valence-electron chi connectivity index (χ4n) is 10.2. The van der Waals surface area contributed by atoms with E-state index in [2.05, 4.69) is 64.8 Å². The van der Waals surface area contributed by atoms with Gasteiger partial charge in [-0.15, -0.1) is 5.54 Å². The average molecular weight is 798 g/mol. The molecule has 0 unspecified atom stereocenters. The van der Waals surface area contributed by atoms with E-state index in [1.54, 1.807) is 6.07 Å². The molecule has 0 aliphatic carbocycles. The van der Waals surface area contributed by atoms with Gasteiger partial charge < -0.3 is 9.64 Å². The number of thioether (sulfide) groups is 1. The molecule has 2 aromatic heterocycles. The van der Waals surface area contributed by atoms with Gasteiger partial charge in [-0.05, 0) is 86.2 Å². The number of carbonyl (C=O) groups is 1. The Morgan fingerprint density at radius 3 is 2.30 bits per heavy atom. The molecule has 11 heteroatoms. The van der Waals surface area contributed by atoms with E-state index in [9.17, 15) is 4.79 Å². The van der Waals surface area contributed by atoms with Crippen molar-refractivity contribution in [2.45, 2.75) is 153 Å². The lowest BCUT2D eigenvalue weighted by atomic mass is 9.88. The summed E-state index contributed by atoms with van der Waals surface area (Å²) in [5.41, 5.74) is 6.16. The fraction of sp³-hybridized carbons (Fsp3) is 0.556. The van der Waals surface area contributed by atoms with Crippen LogP contribution in [0.4, 0.5) is 19.4 Å². The lowest BCUT2D eigenvalue weighted by Gasteiger charge is -2.48. The van der Waals surface area contributed by atoms with Crippen molar-refractivity contribution in [3.63, 3.8) is 0 Å². The minimum Gasteiger partial charge on any atom is -0.444 e. The lowest BCUT2D eigenvalue weighted by Crippen LogP contribution is -2.62. The first kappa shape index (κ1) is 40.4. The summed E-state index contributed by atoms with van der Waals surface area (Å²) in [6.45, 7) is 23.9. The molecule has 1 amide bonds. The molecule has 0 saturated carbocycles. The van der Waals surface area contributed by atoms with Gasteiger partial charge in [0.25, 0.3) is 0 Å². The highest BCUT2D eigenvalue weighted by molar-refractivity contribution is 7.99. The van der Waals surface area contributed by atoms with Gasteiger partial charge in [-0.25, -0.2) is 28.5 Å². The zero-order valence-corrected chi connectivity index (χ0v) is 36.7. The molecule has 7 rings (SSSR count). The highest BCUT2D eigenvalue weighted by Gasteiger charge is 2.51. The lowest BCUT2D eigenvalue weighted by molar-refractivity contribution is 0.00694. The number of benzene rings is 2. The molecular formula is C45H57F2N5O2SSi. The van der Waals surface area contributed by atoms with Gasteiger partial charge in [0, 0.05) is 17.5 Å². The Morgan fingerprint density at radius 1 is 0.946 bits per heavy atom. The predicted molar refractivity (Wildman–Crippen MR) is 228 cm³/mol. The molecule has 0 spiro atoms. The van der Waals surface area contributed by atoms with Gasteiger partial charge in [-0.3, -0.25) is 4.90 Å². The molecule has 56 heavy (non-hydrogen) atoms. The second kappa shape index (κ2) is 15.2. The smallest absolute Gasteiger partial charge is 0.410 e. The normalized spacial score (nSPS) is 21.1. The zero-order chi connectivity index (χ0) is 40.4. The van der Waals surface area contributed by atoms with Gasteiger partial charge >= 0.3 is 6.09 Å². The van der Waals surface area contributed by atoms with Gasteiger partial charge in [-0.1, -0.05) is 97.3 Å². The summed E-state index contributed by atoms with van der Waals surface area (Å²) in [7, 11) is -2.22. The summed E-state index contributed by atoms with van der Waals surface area (Å²) < 4.78 is 39.7. The first-order valence-electron chi connectivity index (χ1n) is 20.5. The monoisotopic (exact) mass is 797 g/mol. The van der Waals surface area contributed by atoms with E-state index in [0.717, 1.165) is 36.8 Å². The fourth-order valence-corrected chi connectivity index (χ4v) is 15.9. The van der Waals surface area contributed by atoms with Crippen molar-refractivity contribution >= 4 is 53.4 Å². The number of hydrogen-bond acceptors (Lipinski definition) is 7. The number of nitrogens with zero attached hydrogens (tertiary/aromatic N) is 5. The van der Waals surface area contributed by atoms with Crippen molar-refractivity contribution in [3.05, 3.63) is 53.2 Å². The van der Waals surface area contributed by atoms with Gasteiger partial charge in [0.05, 0.1) is 34.8 Å². The van der Waals surface area contributed by atoms with Crippen molar-refractivity contribution in [2.24, 2.45) is 0 Å². The van der Waals surface area contributed by atoms with Crippen molar-refractivity contribution in [1.82, 2.24) is 19.9 Å². The van der Waals surface area contributed by atoms with Crippen LogP contribution >= 0.6 is 11.8 Å². The van der Waals surface area contributed by atoms with Crippen LogP contribution in [0.15, 0.2) is 35.5 Å². The summed E-state index contributed by atoms with van der Waals surface area (Å²) in [4.78, 5) is 33.2. The molecule has 4 aromatic rings. The number of rotatable bonds is 6. The van der Waals surface area contributed by atoms with Crippen LogP contribution in [0.25, 0.3) is 32.9 Å². The van der Waals surface area contributed by atoms with Crippen molar-refractivity contribution in [1.29, 1.82) is 0 Å². The summed E-state index contributed by atoms with van der Waals surface area (Å²) in [6, 6.07) is 8.77. The highest BCUT2D eigenvalue weighted by atomic mass is 32.2. The molecule has 3 aliphatic heterocycles. The van der Waals surface area contributed by atoms with E-state index >= 15 is 8.78 Å². The number of pyridine rings is 1. The van der Waals surface area contributed by atoms with Gasteiger partial charge in [0.2, 0.25) is 0 Å². The Labute approximate surface area is 336 Å². The molecule has 298 valence electrons. The van der Waals surface area contributed by atoms with Gasteiger partial charge in [0.15, 0.2) is 11.0 Å². The number of anilines is 1. The standard InChI is InChI=1S/C45H57F2N5O2SSi/c1-12-55-43-49-41-37-39(28(8)16-20-34-35-21-18-30(24-51(34)42(37)50-43)52(35)44(53)54-45(9,10)11)48-40(38(41)47)32-15-13-14-29-17-19-33(46)31(36(29)32)22-23-56(25(2)3,26(4)5)27(6)7/h13-15,17,19,25-28,30,34-35H,12,16,18,20-21,24H2,1-11H3/t28-,30+,34+,35-/m0/s1. The summed E-state index contributed by atoms with van der Waals surface area (Å²) in [5, 5.41) is 2.48. The van der Waals surface area contributed by atoms with Crippen LogP contribution in [0.5, 0.6) is 0 Å². The molecule has 7 nitrogen and oxygen atoms in total. The van der Waals surface area contributed by atoms with Crippen LogP contribution in [-0.2, 0) is 4.74 Å². The van der Waals surface area contributed by atoms with E-state index in [1.807, 2.05) is 50.8 Å². The van der Waals surface area contributed by atoms with Crippen molar-refractivity contribution in [2.75, 3.05) is 17.2 Å². The van der Waals surface area contributed by atoms with Gasteiger partial charge in [0.1, 0.15) is 36.5 Å². The predicted octanol–water partition coefficient (Wildman–Crippen LogP) is 11.7. The number of hydrogen-bond donors (Lipinski definition) is 0. The van der Waals surface area contributed by atoms with Crippen molar-refractivity contribution < 1.29 is 18.3 Å². The Hall–Kier alpha value is -3.75. The Balaban J connectivity index is 1.45. The SMILES string of the molecule is CCSc1nc2c3c(nc(-c4cccc5ccc(F)c(C#C[Si](C(C)C)(C(C)C)C(C)C)c45)c(F)c3n1)[C@@H](C)CC[C@@H]1[C@@H]3CC[C@H](CN21)N3C(=O)OC(C)(C)C. The Kier molecular flexibility index (Phi) is 11.0. The van der Waals surface area contributed by atoms with E-state index in [1.165, 1.54) is 17.8 Å². The van der Waals surface area contributed by atoms with Crippen LogP contribution in [0.2, 0.25) is 16.6 Å². The number of ether oxygens (including phenoxy) is 1. The maximum Gasteiger partial charge on any atom is 0.410 e. The molecule has 3 aliphatic rings. The molecule has 2 saturated heterocycles. The Morgan fingerprint density at radius 2 is 1.64 bits per heavy atom. The molecular weight excluding hydrogens is 741 g/mol. The van der Waals surface area contributed by atoms with E-state index in [4.69, 9.17) is 19.7 Å². The molecule has 5 heterocycles. The summed E-state index contributed by atoms with van der Waals surface area (Å²) in [5.74, 6) is 3.76. The van der Waals surface area contributed by atoms with Gasteiger partial charge in [-0.2, -0.15) is 0 Å². The minimum absolute atomic E-state index is 0.0162. The minimum atomic E-state index is -2.22. The number of piperazine rings is 1. The second-order valence-electron chi connectivity index (χ2n) is 18.0. The second-order valence-corrected chi connectivity index (χ2v) is 24.8. The first-order valence-corrected chi connectivity index (χ1v) is 23.8. The van der Waals surface area contributed by atoms with Crippen LogP contribution in [-0.4, -0.2) is 70.0 Å². The Bertz CT molecular complexity index is 2220. The molecule has 2 fully saturated rings. The largest absolute Gasteiger partial charge is 0.444 e. The first-order chi connectivity index (χ1) is 26.5. The van der Waals surface area contributed by atoms with Crippen molar-refractivity contribution in [3.8, 4) is 22.7 Å². The third kappa shape index (κ3) is 6.86. The van der Waals surface area contributed by atoms with E-state index in [0.29, 0.717) is 61.8 Å². The van der Waals surface area contributed by atoms with Crippen LogP contribution in [0.3, 0.4) is 0 Å². The number of amides is 1. The third-order valence-electron chi connectivity index (χ3n) is 12.6. The van der Waals surface area contributed by atoms with Crippen LogP contribution in [0, 0.1) is 23.1 Å². The molecule has 4 atom stereocenters. The zero-order valence-electron chi connectivity index (χ0n) is 34.9. The maximum atomic E-state index is 17.7. The highest BCUT2D eigenvalue weighted by Crippen LogP contribution is 2.47. The number of aromatic nitrogens is 3. The maximum absolute atomic E-state index is 17.7. The molecule has 0 radical (unpaired) electrons. The average Bonchev–Trinajstić information content (AvgIpc) is 3.45. The quantitative estimate of drug-likeness (QED) is 0.0832. The number of halogens is 2. The van der Waals surface area contributed by atoms with Crippen LogP contribution in [0.1, 0.15) is 119 Å². The summed E-state index contributed by atoms with van der Waals surface area (Å²) in [6.07, 6.45) is 3.05. The van der Waals surface area contributed by atoms with E-state index in [-0.39, 0.29) is 41.3 Å².